The number of nitro benzene ring substituents is 1. The third kappa shape index (κ3) is 5.39. The van der Waals surface area contributed by atoms with Gasteiger partial charge in [-0.15, -0.1) is 0 Å². The van der Waals surface area contributed by atoms with Crippen molar-refractivity contribution in [3.05, 3.63) is 70.5 Å². The van der Waals surface area contributed by atoms with Crippen LogP contribution < -0.4 is 14.8 Å². The molecule has 0 saturated carbocycles. The minimum absolute atomic E-state index is 0.0365. The van der Waals surface area contributed by atoms with Crippen molar-refractivity contribution in [2.75, 3.05) is 18.5 Å². The molecule has 0 atom stereocenters. The minimum Gasteiger partial charge on any atom is -0.490 e. The van der Waals surface area contributed by atoms with Gasteiger partial charge in [0.2, 0.25) is 0 Å². The lowest BCUT2D eigenvalue weighted by atomic mass is 10.1. The lowest BCUT2D eigenvalue weighted by molar-refractivity contribution is -0.384. The van der Waals surface area contributed by atoms with E-state index in [9.17, 15) is 14.9 Å². The summed E-state index contributed by atoms with van der Waals surface area (Å²) in [6.07, 6.45) is 4.89. The van der Waals surface area contributed by atoms with E-state index >= 15 is 0 Å². The number of anilines is 1. The van der Waals surface area contributed by atoms with Crippen LogP contribution in [0.3, 0.4) is 0 Å². The van der Waals surface area contributed by atoms with Crippen LogP contribution in [0.5, 0.6) is 11.5 Å². The summed E-state index contributed by atoms with van der Waals surface area (Å²) in [6, 6.07) is 11.3. The first-order valence-corrected chi connectivity index (χ1v) is 10.0. The molecule has 31 heavy (non-hydrogen) atoms. The second kappa shape index (κ2) is 10.2. The Morgan fingerprint density at radius 3 is 2.42 bits per heavy atom. The van der Waals surface area contributed by atoms with Crippen LogP contribution in [-0.2, 0) is 0 Å². The Kier molecular flexibility index (Phi) is 7.21. The molecule has 3 aromatic rings. The molecular weight excluding hydrogens is 400 g/mol. The summed E-state index contributed by atoms with van der Waals surface area (Å²) in [5.74, 6) is 0.142. The van der Waals surface area contributed by atoms with Gasteiger partial charge in [0.15, 0.2) is 11.5 Å². The molecular formula is C22H24N4O5. The number of carbonyl (C=O) groups is 1. The normalized spacial score (nSPS) is 10.5. The van der Waals surface area contributed by atoms with E-state index in [-0.39, 0.29) is 17.1 Å². The molecule has 0 radical (unpaired) electrons. The van der Waals surface area contributed by atoms with E-state index in [1.807, 2.05) is 19.9 Å². The van der Waals surface area contributed by atoms with Crippen LogP contribution in [0.15, 0.2) is 54.9 Å². The van der Waals surface area contributed by atoms with Gasteiger partial charge >= 0.3 is 0 Å². The molecule has 0 bridgehead atoms. The van der Waals surface area contributed by atoms with E-state index in [4.69, 9.17) is 9.47 Å². The van der Waals surface area contributed by atoms with Crippen molar-refractivity contribution in [3.63, 3.8) is 0 Å². The second-order valence-corrected chi connectivity index (χ2v) is 6.73. The number of hydrogen-bond acceptors (Lipinski definition) is 6. The fourth-order valence-corrected chi connectivity index (χ4v) is 2.86. The largest absolute Gasteiger partial charge is 0.490 e. The van der Waals surface area contributed by atoms with Gasteiger partial charge in [-0.3, -0.25) is 14.9 Å². The predicted molar refractivity (Wildman–Crippen MR) is 116 cm³/mol. The number of aromatic nitrogens is 2. The number of amides is 1. The fraction of sp³-hybridized carbons (Fsp3) is 0.273. The first kappa shape index (κ1) is 21.8. The number of benzene rings is 2. The predicted octanol–water partition coefficient (Wildman–Crippen LogP) is 4.61. The van der Waals surface area contributed by atoms with E-state index in [1.165, 1.54) is 12.1 Å². The number of ether oxygens (including phenoxy) is 2. The maximum atomic E-state index is 12.9. The summed E-state index contributed by atoms with van der Waals surface area (Å²) in [5.41, 5.74) is 0.799. The van der Waals surface area contributed by atoms with Crippen molar-refractivity contribution in [2.24, 2.45) is 0 Å². The van der Waals surface area contributed by atoms with E-state index in [2.05, 4.69) is 10.4 Å². The third-order valence-electron chi connectivity index (χ3n) is 4.31. The topological polar surface area (TPSA) is 109 Å². The monoisotopic (exact) mass is 424 g/mol. The molecule has 3 rings (SSSR count). The van der Waals surface area contributed by atoms with Crippen molar-refractivity contribution in [1.29, 1.82) is 0 Å². The first-order valence-electron chi connectivity index (χ1n) is 10.0. The molecule has 9 nitrogen and oxygen atoms in total. The molecule has 0 fully saturated rings. The number of carbonyl (C=O) groups excluding carboxylic acids is 1. The molecule has 1 aromatic heterocycles. The van der Waals surface area contributed by atoms with Crippen molar-refractivity contribution >= 4 is 17.3 Å². The van der Waals surface area contributed by atoms with Gasteiger partial charge in [-0.1, -0.05) is 19.9 Å². The maximum absolute atomic E-state index is 12.9. The van der Waals surface area contributed by atoms with Crippen molar-refractivity contribution in [3.8, 4) is 17.2 Å². The fourth-order valence-electron chi connectivity index (χ4n) is 2.86. The minimum atomic E-state index is -0.557. The van der Waals surface area contributed by atoms with E-state index in [0.29, 0.717) is 30.2 Å². The average molecular weight is 424 g/mol. The van der Waals surface area contributed by atoms with Gasteiger partial charge in [-0.05, 0) is 37.1 Å². The van der Waals surface area contributed by atoms with Crippen LogP contribution in [0.1, 0.15) is 37.0 Å². The van der Waals surface area contributed by atoms with Crippen LogP contribution in [0.2, 0.25) is 0 Å². The van der Waals surface area contributed by atoms with Gasteiger partial charge in [0.25, 0.3) is 11.6 Å². The average Bonchev–Trinajstić information content (AvgIpc) is 3.31. The summed E-state index contributed by atoms with van der Waals surface area (Å²) >= 11 is 0. The Labute approximate surface area is 179 Å². The first-order chi connectivity index (χ1) is 15.0. The van der Waals surface area contributed by atoms with Crippen LogP contribution >= 0.6 is 0 Å². The molecule has 0 aliphatic rings. The number of nitrogens with one attached hydrogen (secondary N) is 1. The van der Waals surface area contributed by atoms with E-state index < -0.39 is 10.8 Å². The number of hydrogen-bond donors (Lipinski definition) is 1. The Hall–Kier alpha value is -3.88. The number of nitrogens with zero attached hydrogens (tertiary/aromatic N) is 3. The molecule has 9 heteroatoms. The maximum Gasteiger partial charge on any atom is 0.296 e. The molecule has 0 saturated heterocycles. The van der Waals surface area contributed by atoms with Crippen LogP contribution in [0.25, 0.3) is 5.69 Å². The zero-order chi connectivity index (χ0) is 22.2. The number of nitro groups is 1. The SMILES string of the molecule is CCCOc1cc(NC(=O)c2cccc(-n3cccn3)c2)c([N+](=O)[O-])cc1OCCC. The Morgan fingerprint density at radius 2 is 1.81 bits per heavy atom. The summed E-state index contributed by atoms with van der Waals surface area (Å²) in [4.78, 5) is 23.9. The highest BCUT2D eigenvalue weighted by Gasteiger charge is 2.22. The van der Waals surface area contributed by atoms with Gasteiger partial charge < -0.3 is 14.8 Å². The highest BCUT2D eigenvalue weighted by Crippen LogP contribution is 2.38. The van der Waals surface area contributed by atoms with E-state index in [1.54, 1.807) is 41.3 Å². The molecule has 0 aliphatic carbocycles. The lowest BCUT2D eigenvalue weighted by Gasteiger charge is -2.15. The third-order valence-corrected chi connectivity index (χ3v) is 4.31. The summed E-state index contributed by atoms with van der Waals surface area (Å²) in [7, 11) is 0. The Bertz CT molecular complexity index is 1050. The molecule has 0 unspecified atom stereocenters. The molecule has 1 amide bonds. The standard InChI is InChI=1S/C22H24N4O5/c1-3-11-30-20-14-18(19(26(28)29)15-21(20)31-12-4-2)24-22(27)16-7-5-8-17(13-16)25-10-6-9-23-25/h5-10,13-15H,3-4,11-12H2,1-2H3,(H,24,27). The summed E-state index contributed by atoms with van der Waals surface area (Å²) in [6.45, 7) is 4.70. The zero-order valence-corrected chi connectivity index (χ0v) is 17.4. The molecule has 0 aliphatic heterocycles. The molecule has 1 heterocycles. The number of rotatable bonds is 10. The van der Waals surface area contributed by atoms with E-state index in [0.717, 1.165) is 12.8 Å². The Balaban J connectivity index is 1.92. The van der Waals surface area contributed by atoms with Gasteiger partial charge in [0.1, 0.15) is 5.69 Å². The molecule has 2 aromatic carbocycles. The van der Waals surface area contributed by atoms with Gasteiger partial charge in [-0.2, -0.15) is 5.10 Å². The highest BCUT2D eigenvalue weighted by atomic mass is 16.6. The summed E-state index contributed by atoms with van der Waals surface area (Å²) < 4.78 is 12.9. The summed E-state index contributed by atoms with van der Waals surface area (Å²) in [5, 5.41) is 18.4. The highest BCUT2D eigenvalue weighted by molar-refractivity contribution is 6.06. The quantitative estimate of drug-likeness (QED) is 0.376. The molecule has 1 N–H and O–H groups in total. The second-order valence-electron chi connectivity index (χ2n) is 6.73. The zero-order valence-electron chi connectivity index (χ0n) is 17.4. The van der Waals surface area contributed by atoms with Crippen molar-refractivity contribution < 1.29 is 19.2 Å². The van der Waals surface area contributed by atoms with Crippen LogP contribution in [0.4, 0.5) is 11.4 Å². The van der Waals surface area contributed by atoms with Crippen LogP contribution in [0, 0.1) is 10.1 Å². The molecule has 0 spiro atoms. The van der Waals surface area contributed by atoms with Gasteiger partial charge in [-0.25, -0.2) is 4.68 Å². The van der Waals surface area contributed by atoms with Gasteiger partial charge in [0, 0.05) is 24.0 Å². The smallest absolute Gasteiger partial charge is 0.296 e. The van der Waals surface area contributed by atoms with Crippen molar-refractivity contribution in [1.82, 2.24) is 9.78 Å². The molecule has 162 valence electrons. The Morgan fingerprint density at radius 1 is 1.10 bits per heavy atom. The van der Waals surface area contributed by atoms with Crippen LogP contribution in [-0.4, -0.2) is 33.8 Å². The van der Waals surface area contributed by atoms with Crippen molar-refractivity contribution in [2.45, 2.75) is 26.7 Å². The van der Waals surface area contributed by atoms with Gasteiger partial charge in [0.05, 0.1) is 29.9 Å². The lowest BCUT2D eigenvalue weighted by Crippen LogP contribution is -2.14.